The molecule has 11 aromatic rings. The SMILES string of the molecule is c1ccc(-c2cc(-c3ccccc3)cc(-c3ccc(N(c4ccc(-c5cccc6ccccc56)cc4)c4ccccc4-c4ccc5c(c4)sc4ccccc45)cc3)c2)cc1. The van der Waals surface area contributed by atoms with E-state index in [2.05, 4.69) is 241 Å². The Morgan fingerprint density at radius 2 is 0.750 bits per heavy atom. The number of fused-ring (bicyclic) bond motifs is 4. The highest BCUT2D eigenvalue weighted by Gasteiger charge is 2.19. The van der Waals surface area contributed by atoms with E-state index in [0.29, 0.717) is 0 Å². The number of hydrogen-bond donors (Lipinski definition) is 0. The molecule has 0 unspecified atom stereocenters. The smallest absolute Gasteiger partial charge is 0.0540 e. The number of benzene rings is 10. The van der Waals surface area contributed by atoms with Crippen molar-refractivity contribution in [3.05, 3.63) is 237 Å². The van der Waals surface area contributed by atoms with Crippen LogP contribution in [0.2, 0.25) is 0 Å². The lowest BCUT2D eigenvalue weighted by Crippen LogP contribution is -2.11. The summed E-state index contributed by atoms with van der Waals surface area (Å²) < 4.78 is 2.61. The number of hydrogen-bond acceptors (Lipinski definition) is 2. The molecule has 10 aromatic carbocycles. The van der Waals surface area contributed by atoms with Crippen molar-refractivity contribution in [3.63, 3.8) is 0 Å². The average molecular weight is 782 g/mol. The Balaban J connectivity index is 1.04. The van der Waals surface area contributed by atoms with E-state index in [1.807, 2.05) is 11.3 Å². The maximum absolute atomic E-state index is 2.41. The number of thiophene rings is 1. The molecule has 0 atom stereocenters. The molecule has 0 aliphatic heterocycles. The minimum Gasteiger partial charge on any atom is -0.310 e. The van der Waals surface area contributed by atoms with Crippen LogP contribution in [0.5, 0.6) is 0 Å². The van der Waals surface area contributed by atoms with Crippen molar-refractivity contribution in [1.82, 2.24) is 0 Å². The summed E-state index contributed by atoms with van der Waals surface area (Å²) >= 11 is 1.86. The molecular weight excluding hydrogens is 743 g/mol. The highest BCUT2D eigenvalue weighted by molar-refractivity contribution is 7.25. The van der Waals surface area contributed by atoms with E-state index in [-0.39, 0.29) is 0 Å². The third-order valence-electron chi connectivity index (χ3n) is 11.7. The molecule has 1 aromatic heterocycles. The number of rotatable bonds is 8. The van der Waals surface area contributed by atoms with Crippen molar-refractivity contribution in [3.8, 4) is 55.6 Å². The van der Waals surface area contributed by atoms with Gasteiger partial charge in [0, 0.05) is 37.1 Å². The van der Waals surface area contributed by atoms with E-state index in [1.54, 1.807) is 0 Å². The molecule has 60 heavy (non-hydrogen) atoms. The van der Waals surface area contributed by atoms with Crippen LogP contribution in [0.15, 0.2) is 237 Å². The fourth-order valence-electron chi connectivity index (χ4n) is 8.69. The molecule has 0 radical (unpaired) electrons. The van der Waals surface area contributed by atoms with Gasteiger partial charge in [0.2, 0.25) is 0 Å². The van der Waals surface area contributed by atoms with Gasteiger partial charge in [-0.25, -0.2) is 0 Å². The highest BCUT2D eigenvalue weighted by atomic mass is 32.1. The summed E-state index contributed by atoms with van der Waals surface area (Å²) in [4.78, 5) is 2.41. The zero-order valence-electron chi connectivity index (χ0n) is 32.9. The molecule has 11 rings (SSSR count). The second kappa shape index (κ2) is 15.3. The molecule has 0 saturated carbocycles. The molecule has 0 fully saturated rings. The Bertz CT molecular complexity index is 3230. The van der Waals surface area contributed by atoms with Gasteiger partial charge in [-0.2, -0.15) is 0 Å². The zero-order valence-corrected chi connectivity index (χ0v) is 33.7. The van der Waals surface area contributed by atoms with Gasteiger partial charge in [-0.05, 0) is 122 Å². The standard InChI is InChI=1S/C58H39NS/c1-3-14-40(15-4-1)46-36-47(41-16-5-2-6-17-41)38-48(37-46)42-26-31-49(32-27-42)59(50-33-28-44(29-34-50)52-23-13-19-43-18-7-8-20-51(43)52)56-24-11-9-21-53(56)45-30-35-55-54-22-10-12-25-57(54)60-58(55)39-45/h1-39H. The third kappa shape index (κ3) is 6.63. The van der Waals surface area contributed by atoms with Gasteiger partial charge >= 0.3 is 0 Å². The van der Waals surface area contributed by atoms with Crippen LogP contribution in [0.4, 0.5) is 17.1 Å². The molecule has 0 saturated heterocycles. The monoisotopic (exact) mass is 781 g/mol. The molecule has 2 heteroatoms. The normalized spacial score (nSPS) is 11.3. The maximum Gasteiger partial charge on any atom is 0.0540 e. The van der Waals surface area contributed by atoms with Gasteiger partial charge in [0.1, 0.15) is 0 Å². The van der Waals surface area contributed by atoms with Crippen molar-refractivity contribution in [2.45, 2.75) is 0 Å². The van der Waals surface area contributed by atoms with Crippen LogP contribution in [0.25, 0.3) is 86.6 Å². The van der Waals surface area contributed by atoms with Crippen LogP contribution < -0.4 is 4.90 Å². The molecule has 0 amide bonds. The van der Waals surface area contributed by atoms with E-state index in [4.69, 9.17) is 0 Å². The second-order valence-electron chi connectivity index (χ2n) is 15.3. The lowest BCUT2D eigenvalue weighted by molar-refractivity contribution is 1.28. The minimum atomic E-state index is 1.09. The Morgan fingerprint density at radius 3 is 1.43 bits per heavy atom. The maximum atomic E-state index is 2.41. The van der Waals surface area contributed by atoms with Crippen molar-refractivity contribution >= 4 is 59.3 Å². The first kappa shape index (κ1) is 35.6. The molecule has 0 N–H and O–H groups in total. The number of anilines is 3. The van der Waals surface area contributed by atoms with Crippen LogP contribution in [-0.4, -0.2) is 0 Å². The molecule has 282 valence electrons. The lowest BCUT2D eigenvalue weighted by atomic mass is 9.93. The molecule has 0 spiro atoms. The van der Waals surface area contributed by atoms with E-state index in [0.717, 1.165) is 17.1 Å². The van der Waals surface area contributed by atoms with E-state index >= 15 is 0 Å². The molecule has 0 bridgehead atoms. The van der Waals surface area contributed by atoms with Gasteiger partial charge in [-0.3, -0.25) is 0 Å². The fourth-order valence-corrected chi connectivity index (χ4v) is 9.84. The Hall–Kier alpha value is -7.52. The van der Waals surface area contributed by atoms with Gasteiger partial charge in [-0.1, -0.05) is 176 Å². The topological polar surface area (TPSA) is 3.24 Å². The summed E-state index contributed by atoms with van der Waals surface area (Å²) in [6.07, 6.45) is 0. The Morgan fingerprint density at radius 1 is 0.267 bits per heavy atom. The van der Waals surface area contributed by atoms with Crippen molar-refractivity contribution < 1.29 is 0 Å². The van der Waals surface area contributed by atoms with Crippen LogP contribution in [0.1, 0.15) is 0 Å². The van der Waals surface area contributed by atoms with E-state index < -0.39 is 0 Å². The summed E-state index contributed by atoms with van der Waals surface area (Å²) in [5.74, 6) is 0. The van der Waals surface area contributed by atoms with Crippen LogP contribution in [0, 0.1) is 0 Å². The van der Waals surface area contributed by atoms with Crippen LogP contribution in [0.3, 0.4) is 0 Å². The van der Waals surface area contributed by atoms with Crippen molar-refractivity contribution in [2.75, 3.05) is 4.90 Å². The summed E-state index contributed by atoms with van der Waals surface area (Å²) in [6.45, 7) is 0. The average Bonchev–Trinajstić information content (AvgIpc) is 3.70. The molecular formula is C58H39NS. The predicted molar refractivity (Wildman–Crippen MR) is 259 cm³/mol. The van der Waals surface area contributed by atoms with Gasteiger partial charge < -0.3 is 4.90 Å². The highest BCUT2D eigenvalue weighted by Crippen LogP contribution is 2.44. The largest absolute Gasteiger partial charge is 0.310 e. The second-order valence-corrected chi connectivity index (χ2v) is 16.4. The van der Waals surface area contributed by atoms with Crippen LogP contribution >= 0.6 is 11.3 Å². The predicted octanol–water partition coefficient (Wildman–Crippen LogP) is 17.0. The van der Waals surface area contributed by atoms with Crippen molar-refractivity contribution in [1.29, 1.82) is 0 Å². The Kier molecular flexibility index (Phi) is 9.11. The zero-order chi connectivity index (χ0) is 39.8. The number of nitrogens with zero attached hydrogens (tertiary/aromatic N) is 1. The summed E-state index contributed by atoms with van der Waals surface area (Å²) in [6, 6.07) is 86.2. The van der Waals surface area contributed by atoms with E-state index in [1.165, 1.54) is 86.6 Å². The molecule has 1 heterocycles. The first-order valence-corrected chi connectivity index (χ1v) is 21.3. The summed E-state index contributed by atoms with van der Waals surface area (Å²) in [5, 5.41) is 5.13. The van der Waals surface area contributed by atoms with Gasteiger partial charge in [0.05, 0.1) is 5.69 Å². The fraction of sp³-hybridized carbons (Fsp3) is 0. The Labute approximate surface area is 354 Å². The summed E-state index contributed by atoms with van der Waals surface area (Å²) in [7, 11) is 0. The summed E-state index contributed by atoms with van der Waals surface area (Å²) in [5.41, 5.74) is 15.3. The van der Waals surface area contributed by atoms with Gasteiger partial charge in [0.15, 0.2) is 0 Å². The van der Waals surface area contributed by atoms with Gasteiger partial charge in [-0.15, -0.1) is 11.3 Å². The van der Waals surface area contributed by atoms with Gasteiger partial charge in [0.25, 0.3) is 0 Å². The van der Waals surface area contributed by atoms with E-state index in [9.17, 15) is 0 Å². The first-order valence-electron chi connectivity index (χ1n) is 20.5. The first-order chi connectivity index (χ1) is 29.7. The molecule has 0 aliphatic rings. The quantitative estimate of drug-likeness (QED) is 0.148. The number of para-hydroxylation sites is 1. The third-order valence-corrected chi connectivity index (χ3v) is 12.8. The van der Waals surface area contributed by atoms with Crippen molar-refractivity contribution in [2.24, 2.45) is 0 Å². The lowest BCUT2D eigenvalue weighted by Gasteiger charge is -2.28. The minimum absolute atomic E-state index is 1.09. The molecule has 0 aliphatic carbocycles. The van der Waals surface area contributed by atoms with Crippen LogP contribution in [-0.2, 0) is 0 Å². The molecule has 1 nitrogen and oxygen atoms in total.